The maximum absolute atomic E-state index is 13.6. The Bertz CT molecular complexity index is 1020. The van der Waals surface area contributed by atoms with Gasteiger partial charge in [0.1, 0.15) is 5.75 Å². The smallest absolute Gasteiger partial charge is 0.256 e. The van der Waals surface area contributed by atoms with Gasteiger partial charge in [0.15, 0.2) is 0 Å². The molecule has 2 aromatic rings. The Morgan fingerprint density at radius 2 is 1.94 bits per heavy atom. The first-order valence-electron chi connectivity index (χ1n) is 10.8. The number of nitrogens with one attached hydrogen (secondary N) is 1. The van der Waals surface area contributed by atoms with Gasteiger partial charge in [-0.25, -0.2) is 0 Å². The molecular weight excluding hydrogens is 432 g/mol. The summed E-state index contributed by atoms with van der Waals surface area (Å²) in [5, 5.41) is 9.26. The highest BCUT2D eigenvalue weighted by Crippen LogP contribution is 2.35. The number of aliphatic hydroxyl groups excluding tert-OH is 1. The molecule has 0 fully saturated rings. The number of aliphatic hydroxyl groups is 1. The number of H-pyrrole nitrogens is 1. The van der Waals surface area contributed by atoms with Crippen molar-refractivity contribution in [3.8, 4) is 5.75 Å². The first-order valence-corrected chi connectivity index (χ1v) is 11.1. The summed E-state index contributed by atoms with van der Waals surface area (Å²) in [6.45, 7) is 12.0. The van der Waals surface area contributed by atoms with Crippen LogP contribution in [0, 0.1) is 20.8 Å². The number of carbonyl (C=O) groups excluding carboxylic acids is 1. The number of aromatic amines is 1. The minimum atomic E-state index is -0.285. The Labute approximate surface area is 194 Å². The number of ether oxygens (including phenoxy) is 2. The lowest BCUT2D eigenvalue weighted by atomic mass is 10.00. The number of amides is 1. The first kappa shape index (κ1) is 25.9. The van der Waals surface area contributed by atoms with E-state index in [0.717, 1.165) is 16.8 Å². The van der Waals surface area contributed by atoms with Gasteiger partial charge in [-0.1, -0.05) is 11.6 Å². The zero-order valence-electron chi connectivity index (χ0n) is 19.7. The maximum Gasteiger partial charge on any atom is 0.256 e. The molecule has 0 aliphatic heterocycles. The third-order valence-electron chi connectivity index (χ3n) is 5.18. The monoisotopic (exact) mass is 464 g/mol. The summed E-state index contributed by atoms with van der Waals surface area (Å²) in [4.78, 5) is 30.5. The van der Waals surface area contributed by atoms with E-state index in [0.29, 0.717) is 29.0 Å². The van der Waals surface area contributed by atoms with Crippen LogP contribution in [0.25, 0.3) is 0 Å². The Morgan fingerprint density at radius 3 is 2.50 bits per heavy atom. The molecule has 2 rings (SSSR count). The number of hydrogen-bond donors (Lipinski definition) is 2. The van der Waals surface area contributed by atoms with Crippen molar-refractivity contribution in [2.75, 3.05) is 19.8 Å². The van der Waals surface area contributed by atoms with Gasteiger partial charge in [0.25, 0.3) is 11.5 Å². The molecule has 32 heavy (non-hydrogen) atoms. The van der Waals surface area contributed by atoms with Crippen molar-refractivity contribution < 1.29 is 19.4 Å². The predicted molar refractivity (Wildman–Crippen MR) is 126 cm³/mol. The number of pyridine rings is 1. The average Bonchev–Trinajstić information content (AvgIpc) is 2.70. The molecule has 0 spiro atoms. The van der Waals surface area contributed by atoms with Crippen molar-refractivity contribution in [3.05, 3.63) is 61.0 Å². The van der Waals surface area contributed by atoms with Crippen LogP contribution in [-0.2, 0) is 17.9 Å². The lowest BCUT2D eigenvalue weighted by Crippen LogP contribution is -2.34. The second-order valence-electron chi connectivity index (χ2n) is 8.05. The highest BCUT2D eigenvalue weighted by Gasteiger charge is 2.26. The summed E-state index contributed by atoms with van der Waals surface area (Å²) >= 11 is 6.65. The van der Waals surface area contributed by atoms with Crippen LogP contribution in [0.4, 0.5) is 0 Å². The first-order chi connectivity index (χ1) is 15.1. The van der Waals surface area contributed by atoms with Gasteiger partial charge >= 0.3 is 0 Å². The summed E-state index contributed by atoms with van der Waals surface area (Å²) in [7, 11) is 0. The molecule has 1 heterocycles. The molecule has 7 nitrogen and oxygen atoms in total. The SMILES string of the molecule is CCN(Cc1c(C)cc(C)[nH]c1=O)C(=O)c1c(C)c(COCCO)cc(OC(C)C)c1Cl. The number of rotatable bonds is 10. The van der Waals surface area contributed by atoms with Gasteiger partial charge in [-0.05, 0) is 70.4 Å². The molecule has 0 saturated carbocycles. The van der Waals surface area contributed by atoms with E-state index in [1.54, 1.807) is 11.0 Å². The van der Waals surface area contributed by atoms with Gasteiger partial charge in [0.2, 0.25) is 0 Å². The zero-order valence-corrected chi connectivity index (χ0v) is 20.4. The van der Waals surface area contributed by atoms with Crippen molar-refractivity contribution in [1.29, 1.82) is 0 Å². The van der Waals surface area contributed by atoms with E-state index < -0.39 is 0 Å². The fourth-order valence-electron chi connectivity index (χ4n) is 3.52. The van der Waals surface area contributed by atoms with Crippen LogP contribution in [0.2, 0.25) is 5.02 Å². The Morgan fingerprint density at radius 1 is 1.25 bits per heavy atom. The normalized spacial score (nSPS) is 11.2. The molecule has 1 amide bonds. The third-order valence-corrected chi connectivity index (χ3v) is 5.55. The van der Waals surface area contributed by atoms with Crippen molar-refractivity contribution >= 4 is 17.5 Å². The predicted octanol–water partition coefficient (Wildman–Crippen LogP) is 3.91. The molecular formula is C24H33ClN2O5. The number of carbonyl (C=O) groups is 1. The number of aryl methyl sites for hydroxylation is 2. The Balaban J connectivity index is 2.51. The van der Waals surface area contributed by atoms with Gasteiger partial charge in [0.05, 0.1) is 43.1 Å². The number of benzene rings is 1. The van der Waals surface area contributed by atoms with Gasteiger partial charge in [-0.2, -0.15) is 0 Å². The van der Waals surface area contributed by atoms with Gasteiger partial charge < -0.3 is 24.5 Å². The van der Waals surface area contributed by atoms with Crippen LogP contribution in [0.3, 0.4) is 0 Å². The number of halogens is 1. The second-order valence-corrected chi connectivity index (χ2v) is 8.43. The zero-order chi connectivity index (χ0) is 24.0. The van der Waals surface area contributed by atoms with E-state index in [-0.39, 0.29) is 49.0 Å². The molecule has 0 aliphatic rings. The number of aromatic nitrogens is 1. The topological polar surface area (TPSA) is 91.9 Å². The van der Waals surface area contributed by atoms with Crippen molar-refractivity contribution in [2.45, 2.75) is 60.8 Å². The highest BCUT2D eigenvalue weighted by molar-refractivity contribution is 6.35. The molecule has 0 bridgehead atoms. The van der Waals surface area contributed by atoms with Crippen LogP contribution < -0.4 is 10.3 Å². The Kier molecular flexibility index (Phi) is 9.31. The summed E-state index contributed by atoms with van der Waals surface area (Å²) in [5.74, 6) is 0.116. The molecule has 176 valence electrons. The van der Waals surface area contributed by atoms with Crippen LogP contribution in [0.15, 0.2) is 16.9 Å². The van der Waals surface area contributed by atoms with Gasteiger partial charge in [0, 0.05) is 17.8 Å². The maximum atomic E-state index is 13.6. The van der Waals surface area contributed by atoms with Gasteiger partial charge in [-0.15, -0.1) is 0 Å². The second kappa shape index (κ2) is 11.5. The van der Waals surface area contributed by atoms with Crippen molar-refractivity contribution in [3.63, 3.8) is 0 Å². The van der Waals surface area contributed by atoms with Crippen LogP contribution in [-0.4, -0.2) is 46.8 Å². The molecule has 0 saturated heterocycles. The van der Waals surface area contributed by atoms with Crippen LogP contribution in [0.1, 0.15) is 59.1 Å². The number of nitrogens with zero attached hydrogens (tertiary/aromatic N) is 1. The van der Waals surface area contributed by atoms with Gasteiger partial charge in [-0.3, -0.25) is 9.59 Å². The molecule has 1 aromatic carbocycles. The summed E-state index contributed by atoms with van der Waals surface area (Å²) < 4.78 is 11.3. The lowest BCUT2D eigenvalue weighted by Gasteiger charge is -2.25. The van der Waals surface area contributed by atoms with E-state index in [2.05, 4.69) is 4.98 Å². The molecule has 1 aromatic heterocycles. The standard InChI is InChI=1S/C24H33ClN2O5/c1-7-27(12-19-15(4)10-16(5)26-23(19)29)24(30)21-17(6)18(13-31-9-8-28)11-20(22(21)25)32-14(2)3/h10-11,14,28H,7-9,12-13H2,1-6H3,(H,26,29). The third kappa shape index (κ3) is 6.12. The van der Waals surface area contributed by atoms with E-state index in [4.69, 9.17) is 26.2 Å². The largest absolute Gasteiger partial charge is 0.489 e. The molecule has 0 atom stereocenters. The molecule has 8 heteroatoms. The molecule has 2 N–H and O–H groups in total. The highest BCUT2D eigenvalue weighted by atomic mass is 35.5. The minimum Gasteiger partial charge on any atom is -0.489 e. The Hall–Kier alpha value is -2.35. The molecule has 0 radical (unpaired) electrons. The van der Waals surface area contributed by atoms with E-state index in [9.17, 15) is 9.59 Å². The average molecular weight is 465 g/mol. The molecule has 0 aliphatic carbocycles. The van der Waals surface area contributed by atoms with Crippen molar-refractivity contribution in [2.24, 2.45) is 0 Å². The van der Waals surface area contributed by atoms with E-state index >= 15 is 0 Å². The fourth-order valence-corrected chi connectivity index (χ4v) is 3.84. The van der Waals surface area contributed by atoms with E-state index in [1.807, 2.05) is 47.6 Å². The van der Waals surface area contributed by atoms with Crippen molar-refractivity contribution in [1.82, 2.24) is 9.88 Å². The quantitative estimate of drug-likeness (QED) is 0.520. The molecule has 0 unspecified atom stereocenters. The summed E-state index contributed by atoms with van der Waals surface area (Å²) in [6, 6.07) is 3.66. The van der Waals surface area contributed by atoms with E-state index in [1.165, 1.54) is 0 Å². The number of hydrogen-bond acceptors (Lipinski definition) is 5. The lowest BCUT2D eigenvalue weighted by molar-refractivity contribution is 0.0745. The minimum absolute atomic E-state index is 0.0954. The summed E-state index contributed by atoms with van der Waals surface area (Å²) in [6.07, 6.45) is -0.139. The summed E-state index contributed by atoms with van der Waals surface area (Å²) in [5.41, 5.74) is 3.71. The van der Waals surface area contributed by atoms with Crippen LogP contribution in [0.5, 0.6) is 5.75 Å². The fraction of sp³-hybridized carbons (Fsp3) is 0.500. The van der Waals surface area contributed by atoms with Crippen LogP contribution >= 0.6 is 11.6 Å².